The van der Waals surface area contributed by atoms with Gasteiger partial charge in [-0.1, -0.05) is 5.16 Å². The Labute approximate surface area is 224 Å². The van der Waals surface area contributed by atoms with Crippen molar-refractivity contribution in [3.63, 3.8) is 0 Å². The molecule has 15 heteroatoms. The Balaban J connectivity index is 1.38. The minimum absolute atomic E-state index is 0.110. The van der Waals surface area contributed by atoms with Crippen LogP contribution in [0.2, 0.25) is 0 Å². The van der Waals surface area contributed by atoms with Crippen molar-refractivity contribution in [1.29, 1.82) is 0 Å². The van der Waals surface area contributed by atoms with E-state index >= 15 is 0 Å². The lowest BCUT2D eigenvalue weighted by molar-refractivity contribution is -0.604. The molecule has 13 nitrogen and oxygen atoms in total. The largest absolute Gasteiger partial charge is 0.543 e. The number of amides is 2. The van der Waals surface area contributed by atoms with Crippen molar-refractivity contribution in [3.8, 4) is 5.69 Å². The summed E-state index contributed by atoms with van der Waals surface area (Å²) >= 11 is 2.46. The number of aromatic nitrogens is 3. The first-order valence-electron chi connectivity index (χ1n) is 11.4. The molecule has 0 unspecified atom stereocenters. The molecule has 198 valence electrons. The fourth-order valence-electron chi connectivity index (χ4n) is 4.57. The molecule has 0 bridgehead atoms. The number of carboxylic acid groups (broad SMARTS) is 1. The Morgan fingerprint density at radius 1 is 1.42 bits per heavy atom. The highest BCUT2D eigenvalue weighted by molar-refractivity contribution is 8.00. The second kappa shape index (κ2) is 10.1. The fraction of sp³-hybridized carbons (Fsp3) is 0.304. The molecule has 0 aliphatic carbocycles. The number of hydrogen-bond donors (Lipinski definition) is 3. The van der Waals surface area contributed by atoms with Crippen LogP contribution in [0.25, 0.3) is 5.69 Å². The van der Waals surface area contributed by atoms with Crippen molar-refractivity contribution < 1.29 is 34.0 Å². The number of fused-ring (bicyclic) bond motifs is 2. The van der Waals surface area contributed by atoms with Crippen LogP contribution in [-0.2, 0) is 32.4 Å². The van der Waals surface area contributed by atoms with E-state index in [-0.39, 0.29) is 35.4 Å². The summed E-state index contributed by atoms with van der Waals surface area (Å²) in [4.78, 5) is 48.1. The number of aliphatic hydroxyl groups is 1. The van der Waals surface area contributed by atoms with Crippen LogP contribution in [0.1, 0.15) is 17.1 Å². The molecule has 1 saturated heterocycles. The smallest absolute Gasteiger partial charge is 0.276 e. The van der Waals surface area contributed by atoms with Gasteiger partial charge in [-0.3, -0.25) is 14.5 Å². The lowest BCUT2D eigenvalue weighted by atomic mass is 10.0. The Bertz CT molecular complexity index is 1480. The predicted molar refractivity (Wildman–Crippen MR) is 135 cm³/mol. The zero-order valence-corrected chi connectivity index (χ0v) is 21.9. The van der Waals surface area contributed by atoms with E-state index in [2.05, 4.69) is 15.5 Å². The molecule has 1 aromatic rings. The number of nitrogens with zero attached hydrogens (tertiary/aromatic N) is 5. The van der Waals surface area contributed by atoms with Gasteiger partial charge in [-0.15, -0.1) is 23.1 Å². The number of nitrogens with two attached hydrogens (primary N) is 1. The number of hydrogen-bond acceptors (Lipinski definition) is 11. The Hall–Kier alpha value is -3.95. The Morgan fingerprint density at radius 2 is 2.21 bits per heavy atom. The summed E-state index contributed by atoms with van der Waals surface area (Å²) in [6, 6.07) is 2.73. The highest BCUT2D eigenvalue weighted by atomic mass is 32.2. The number of β-lactam (4-membered cyclic amide) rings is 1. The van der Waals surface area contributed by atoms with E-state index in [0.29, 0.717) is 11.3 Å². The normalized spacial score (nSPS) is 19.4. The summed E-state index contributed by atoms with van der Waals surface area (Å²) in [5.74, 6) is -2.42. The molecule has 5 heterocycles. The monoisotopic (exact) mass is 557 g/mol. The molecule has 5 rings (SSSR count). The van der Waals surface area contributed by atoms with Gasteiger partial charge in [0.25, 0.3) is 11.8 Å². The number of carboxylic acids is 1. The third-order valence-electron chi connectivity index (χ3n) is 6.41. The summed E-state index contributed by atoms with van der Waals surface area (Å²) in [5.41, 5.74) is 8.47. The van der Waals surface area contributed by atoms with Crippen LogP contribution in [-0.4, -0.2) is 67.3 Å². The number of aliphatic hydroxyl groups excluding tert-OH is 1. The molecular formula is C23H23N7O6S2. The summed E-state index contributed by atoms with van der Waals surface area (Å²) in [5, 5.41) is 29.2. The first-order valence-corrected chi connectivity index (χ1v) is 13.3. The van der Waals surface area contributed by atoms with Crippen molar-refractivity contribution in [2.45, 2.75) is 31.5 Å². The minimum Gasteiger partial charge on any atom is -0.543 e. The molecule has 0 spiro atoms. The summed E-state index contributed by atoms with van der Waals surface area (Å²) in [6.07, 6.45) is 3.59. The zero-order valence-electron chi connectivity index (χ0n) is 20.3. The number of anilines is 1. The molecule has 0 saturated carbocycles. The van der Waals surface area contributed by atoms with Crippen LogP contribution in [0, 0.1) is 6.92 Å². The maximum atomic E-state index is 13.1. The fourth-order valence-corrected chi connectivity index (χ4v) is 6.45. The van der Waals surface area contributed by atoms with Gasteiger partial charge in [-0.2, -0.15) is 4.57 Å². The van der Waals surface area contributed by atoms with Gasteiger partial charge in [0.15, 0.2) is 17.0 Å². The second-order valence-corrected chi connectivity index (χ2v) is 10.5. The van der Waals surface area contributed by atoms with Crippen LogP contribution in [0.5, 0.6) is 0 Å². The number of carbonyl (C=O) groups excluding carboxylic acids is 3. The molecule has 0 aromatic carbocycles. The number of nitrogens with one attached hydrogen (secondary N) is 1. The van der Waals surface area contributed by atoms with Crippen LogP contribution in [0.15, 0.2) is 46.3 Å². The van der Waals surface area contributed by atoms with Gasteiger partial charge in [0.05, 0.1) is 23.6 Å². The number of oxime groups is 1. The number of nitrogen functional groups attached to an aromatic ring is 1. The molecular weight excluding hydrogens is 534 g/mol. The van der Waals surface area contributed by atoms with E-state index in [1.165, 1.54) is 24.3 Å². The molecule has 1 fully saturated rings. The van der Waals surface area contributed by atoms with Crippen LogP contribution in [0.4, 0.5) is 5.13 Å². The lowest BCUT2D eigenvalue weighted by Crippen LogP contribution is -2.71. The molecule has 4 aliphatic rings. The predicted octanol–water partition coefficient (Wildman–Crippen LogP) is -1.50. The first-order chi connectivity index (χ1) is 18.2. The van der Waals surface area contributed by atoms with Gasteiger partial charge < -0.3 is 35.5 Å². The molecule has 2 atom stereocenters. The summed E-state index contributed by atoms with van der Waals surface area (Å²) < 4.78 is 3.74. The third kappa shape index (κ3) is 4.27. The highest BCUT2D eigenvalue weighted by Crippen LogP contribution is 2.40. The van der Waals surface area contributed by atoms with Crippen molar-refractivity contribution in [2.75, 3.05) is 18.6 Å². The second-order valence-electron chi connectivity index (χ2n) is 8.54. The Kier molecular flexibility index (Phi) is 6.81. The maximum Gasteiger partial charge on any atom is 0.276 e. The van der Waals surface area contributed by atoms with Crippen LogP contribution in [0.3, 0.4) is 0 Å². The first kappa shape index (κ1) is 25.7. The van der Waals surface area contributed by atoms with Gasteiger partial charge in [0.1, 0.15) is 30.8 Å². The zero-order chi connectivity index (χ0) is 27.1. The molecule has 4 aliphatic heterocycles. The number of thioether (sulfide) groups is 1. The van der Waals surface area contributed by atoms with Crippen LogP contribution < -0.4 is 20.7 Å². The van der Waals surface area contributed by atoms with Gasteiger partial charge >= 0.3 is 0 Å². The average molecular weight is 558 g/mol. The van der Waals surface area contributed by atoms with E-state index in [4.69, 9.17) is 10.6 Å². The molecule has 4 N–H and O–H groups in total. The van der Waals surface area contributed by atoms with E-state index in [0.717, 1.165) is 33.3 Å². The molecule has 38 heavy (non-hydrogen) atoms. The molecule has 2 amide bonds. The third-order valence-corrected chi connectivity index (χ3v) is 8.43. The summed E-state index contributed by atoms with van der Waals surface area (Å²) in [6.45, 7) is 2.01. The standard InChI is InChI=1S/C23H23N7O6S2/c1-11-15-4-3-13(8-31)29(15)6-5-28(11)7-12-9-37-21-17(20(33)30(21)18(12)22(34)35)26-19(32)16(27-36-2)14-10-38-23(24)25-14/h3-6,10,17,21,31H,7-9H2,1-2H3,(H3-,24,25,26,32,34,35)/b27-16-/t17-,21-/m1/s1. The number of rotatable bonds is 8. The van der Waals surface area contributed by atoms with Crippen molar-refractivity contribution in [3.05, 3.63) is 58.3 Å². The lowest BCUT2D eigenvalue weighted by Gasteiger charge is -2.50. The van der Waals surface area contributed by atoms with E-state index < -0.39 is 29.2 Å². The van der Waals surface area contributed by atoms with Gasteiger partial charge in [-0.25, -0.2) is 4.98 Å². The molecule has 1 aromatic heterocycles. The van der Waals surface area contributed by atoms with Crippen molar-refractivity contribution in [1.82, 2.24) is 19.8 Å². The SMILES string of the molecule is CO/N=C(\C(=O)N[C@@H]1C(=O)N2C(C(=O)[O-])=C(Cn3cc[n+]4c(CO)ccc-4c3C)CS[C@H]12)c1csc(N)n1. The Morgan fingerprint density at radius 3 is 2.87 bits per heavy atom. The number of thiazole rings is 1. The van der Waals surface area contributed by atoms with Gasteiger partial charge in [0, 0.05) is 29.8 Å². The van der Waals surface area contributed by atoms with Crippen molar-refractivity contribution in [2.24, 2.45) is 5.16 Å². The van der Waals surface area contributed by atoms with Gasteiger partial charge in [-0.05, 0) is 12.5 Å². The maximum absolute atomic E-state index is 13.1. The van der Waals surface area contributed by atoms with E-state index in [1.54, 1.807) is 12.4 Å². The summed E-state index contributed by atoms with van der Waals surface area (Å²) in [7, 11) is 1.27. The molecule has 0 radical (unpaired) electrons. The average Bonchev–Trinajstić information content (AvgIpc) is 3.52. The number of aliphatic carboxylic acids is 1. The quantitative estimate of drug-likeness (QED) is 0.129. The van der Waals surface area contributed by atoms with Crippen LogP contribution >= 0.6 is 23.1 Å². The minimum atomic E-state index is -1.47. The highest BCUT2D eigenvalue weighted by Gasteiger charge is 2.53. The topological polar surface area (TPSA) is 179 Å². The number of carbonyl (C=O) groups is 3. The van der Waals surface area contributed by atoms with Gasteiger partial charge in [0.2, 0.25) is 11.4 Å². The van der Waals surface area contributed by atoms with E-state index in [9.17, 15) is 24.6 Å². The van der Waals surface area contributed by atoms with E-state index in [1.807, 2.05) is 28.2 Å². The van der Waals surface area contributed by atoms with Crippen molar-refractivity contribution >= 4 is 51.7 Å².